The van der Waals surface area contributed by atoms with Crippen molar-refractivity contribution in [1.29, 1.82) is 0 Å². The van der Waals surface area contributed by atoms with Crippen molar-refractivity contribution in [3.8, 4) is 0 Å². The summed E-state index contributed by atoms with van der Waals surface area (Å²) in [5, 5.41) is 3.00. The summed E-state index contributed by atoms with van der Waals surface area (Å²) in [7, 11) is 0. The van der Waals surface area contributed by atoms with E-state index in [-0.39, 0.29) is 17.4 Å². The number of hydrogen-bond donors (Lipinski definition) is 1. The standard InChI is InChI=1S/C15H21NO/c1-5-13(16-14(17)15(2,3)4)11-12-9-7-6-8-10-12/h5-10,13H,1,11H2,2-4H3,(H,16,17)/t13-/m1/s1. The Morgan fingerprint density at radius 3 is 2.41 bits per heavy atom. The SMILES string of the molecule is C=C[C@H](Cc1ccccc1)NC(=O)C(C)(C)C. The monoisotopic (exact) mass is 231 g/mol. The Morgan fingerprint density at radius 2 is 1.94 bits per heavy atom. The summed E-state index contributed by atoms with van der Waals surface area (Å²) in [5.41, 5.74) is 0.837. The van der Waals surface area contributed by atoms with Crippen LogP contribution in [0.15, 0.2) is 43.0 Å². The number of amides is 1. The molecular formula is C15H21NO. The normalized spacial score (nSPS) is 12.9. The van der Waals surface area contributed by atoms with Crippen LogP contribution in [0.25, 0.3) is 0 Å². The average molecular weight is 231 g/mol. The van der Waals surface area contributed by atoms with Crippen LogP contribution in [0.4, 0.5) is 0 Å². The second-order valence-corrected chi connectivity index (χ2v) is 5.26. The molecule has 1 N–H and O–H groups in total. The molecule has 1 rings (SSSR count). The lowest BCUT2D eigenvalue weighted by Gasteiger charge is -2.22. The molecule has 0 bridgehead atoms. The molecule has 0 saturated heterocycles. The molecule has 1 atom stereocenters. The summed E-state index contributed by atoms with van der Waals surface area (Å²) in [6.07, 6.45) is 2.57. The van der Waals surface area contributed by atoms with Crippen molar-refractivity contribution < 1.29 is 4.79 Å². The molecule has 2 heteroatoms. The molecule has 1 aromatic rings. The maximum absolute atomic E-state index is 11.9. The average Bonchev–Trinajstić information content (AvgIpc) is 2.28. The molecule has 0 radical (unpaired) electrons. The van der Waals surface area contributed by atoms with Crippen LogP contribution in [-0.2, 0) is 11.2 Å². The van der Waals surface area contributed by atoms with Crippen molar-refractivity contribution in [1.82, 2.24) is 5.32 Å². The minimum Gasteiger partial charge on any atom is -0.349 e. The summed E-state index contributed by atoms with van der Waals surface area (Å²) in [4.78, 5) is 11.9. The van der Waals surface area contributed by atoms with Crippen LogP contribution in [0, 0.1) is 5.41 Å². The highest BCUT2D eigenvalue weighted by molar-refractivity contribution is 5.81. The van der Waals surface area contributed by atoms with E-state index in [0.29, 0.717) is 0 Å². The van der Waals surface area contributed by atoms with E-state index in [2.05, 4.69) is 24.0 Å². The molecule has 0 aliphatic rings. The van der Waals surface area contributed by atoms with Crippen molar-refractivity contribution in [3.63, 3.8) is 0 Å². The fourth-order valence-corrected chi connectivity index (χ4v) is 1.45. The van der Waals surface area contributed by atoms with Gasteiger partial charge in [-0.2, -0.15) is 0 Å². The number of nitrogens with one attached hydrogen (secondary N) is 1. The van der Waals surface area contributed by atoms with Gasteiger partial charge in [-0.15, -0.1) is 6.58 Å². The molecule has 0 aliphatic carbocycles. The summed E-state index contributed by atoms with van der Waals surface area (Å²) in [6.45, 7) is 9.50. The molecule has 0 aliphatic heterocycles. The topological polar surface area (TPSA) is 29.1 Å². The highest BCUT2D eigenvalue weighted by Gasteiger charge is 2.22. The van der Waals surface area contributed by atoms with Crippen molar-refractivity contribution in [2.24, 2.45) is 5.41 Å². The van der Waals surface area contributed by atoms with Crippen LogP contribution in [0.5, 0.6) is 0 Å². The Hall–Kier alpha value is -1.57. The van der Waals surface area contributed by atoms with E-state index < -0.39 is 0 Å². The van der Waals surface area contributed by atoms with Gasteiger partial charge in [0.05, 0.1) is 6.04 Å². The molecular weight excluding hydrogens is 210 g/mol. The van der Waals surface area contributed by atoms with Crippen LogP contribution >= 0.6 is 0 Å². The molecule has 17 heavy (non-hydrogen) atoms. The summed E-state index contributed by atoms with van der Waals surface area (Å²) < 4.78 is 0. The zero-order valence-electron chi connectivity index (χ0n) is 10.9. The van der Waals surface area contributed by atoms with Gasteiger partial charge >= 0.3 is 0 Å². The van der Waals surface area contributed by atoms with Gasteiger partial charge in [-0.3, -0.25) is 4.79 Å². The first kappa shape index (κ1) is 13.5. The maximum Gasteiger partial charge on any atom is 0.225 e. The molecule has 0 heterocycles. The molecule has 1 aromatic carbocycles. The summed E-state index contributed by atoms with van der Waals surface area (Å²) in [6, 6.07) is 10.1. The van der Waals surface area contributed by atoms with E-state index in [1.54, 1.807) is 6.08 Å². The van der Waals surface area contributed by atoms with Crippen LogP contribution in [0.1, 0.15) is 26.3 Å². The molecule has 0 aromatic heterocycles. The van der Waals surface area contributed by atoms with Gasteiger partial charge in [0.1, 0.15) is 0 Å². The lowest BCUT2D eigenvalue weighted by molar-refractivity contribution is -0.128. The molecule has 92 valence electrons. The van der Waals surface area contributed by atoms with Crippen molar-refractivity contribution in [3.05, 3.63) is 48.6 Å². The van der Waals surface area contributed by atoms with E-state index in [4.69, 9.17) is 0 Å². The zero-order chi connectivity index (χ0) is 12.9. The van der Waals surface area contributed by atoms with Gasteiger partial charge in [0.2, 0.25) is 5.91 Å². The van der Waals surface area contributed by atoms with E-state index in [0.717, 1.165) is 6.42 Å². The van der Waals surface area contributed by atoms with Gasteiger partial charge in [0.25, 0.3) is 0 Å². The van der Waals surface area contributed by atoms with Crippen molar-refractivity contribution in [2.75, 3.05) is 0 Å². The van der Waals surface area contributed by atoms with Gasteiger partial charge in [-0.1, -0.05) is 57.2 Å². The number of rotatable bonds is 4. The van der Waals surface area contributed by atoms with Crippen molar-refractivity contribution >= 4 is 5.91 Å². The third kappa shape index (κ3) is 4.43. The second-order valence-electron chi connectivity index (χ2n) is 5.26. The predicted octanol–water partition coefficient (Wildman–Crippen LogP) is 2.95. The highest BCUT2D eigenvalue weighted by Crippen LogP contribution is 2.14. The van der Waals surface area contributed by atoms with Crippen LogP contribution < -0.4 is 5.32 Å². The number of benzene rings is 1. The molecule has 1 amide bonds. The molecule has 2 nitrogen and oxygen atoms in total. The molecule has 0 saturated carbocycles. The Bertz CT molecular complexity index is 376. The third-order valence-corrected chi connectivity index (χ3v) is 2.58. The smallest absolute Gasteiger partial charge is 0.225 e. The zero-order valence-corrected chi connectivity index (χ0v) is 10.9. The van der Waals surface area contributed by atoms with Gasteiger partial charge in [0, 0.05) is 5.41 Å². The van der Waals surface area contributed by atoms with Gasteiger partial charge < -0.3 is 5.32 Å². The van der Waals surface area contributed by atoms with Crippen molar-refractivity contribution in [2.45, 2.75) is 33.2 Å². The first-order valence-electron chi connectivity index (χ1n) is 5.91. The predicted molar refractivity (Wildman–Crippen MR) is 71.7 cm³/mol. The number of hydrogen-bond acceptors (Lipinski definition) is 1. The molecule has 0 unspecified atom stereocenters. The van der Waals surface area contributed by atoms with Gasteiger partial charge in [-0.05, 0) is 12.0 Å². The highest BCUT2D eigenvalue weighted by atomic mass is 16.2. The molecule has 0 fully saturated rings. The minimum absolute atomic E-state index is 0.0101. The van der Waals surface area contributed by atoms with Gasteiger partial charge in [0.15, 0.2) is 0 Å². The second kappa shape index (κ2) is 5.67. The Labute approximate surface area is 104 Å². The fourth-order valence-electron chi connectivity index (χ4n) is 1.45. The lowest BCUT2D eigenvalue weighted by Crippen LogP contribution is -2.41. The van der Waals surface area contributed by atoms with Crippen LogP contribution in [-0.4, -0.2) is 11.9 Å². The Kier molecular flexibility index (Phi) is 4.50. The van der Waals surface area contributed by atoms with E-state index in [1.165, 1.54) is 5.56 Å². The van der Waals surface area contributed by atoms with E-state index in [1.807, 2.05) is 39.0 Å². The number of carbonyl (C=O) groups is 1. The van der Waals surface area contributed by atoms with E-state index >= 15 is 0 Å². The number of carbonyl (C=O) groups excluding carboxylic acids is 1. The maximum atomic E-state index is 11.9. The van der Waals surface area contributed by atoms with E-state index in [9.17, 15) is 4.79 Å². The third-order valence-electron chi connectivity index (χ3n) is 2.58. The van der Waals surface area contributed by atoms with Gasteiger partial charge in [-0.25, -0.2) is 0 Å². The first-order valence-corrected chi connectivity index (χ1v) is 5.91. The van der Waals surface area contributed by atoms with Crippen LogP contribution in [0.2, 0.25) is 0 Å². The first-order chi connectivity index (χ1) is 7.93. The summed E-state index contributed by atoms with van der Waals surface area (Å²) >= 11 is 0. The lowest BCUT2D eigenvalue weighted by atomic mass is 9.94. The Balaban J connectivity index is 2.62. The largest absolute Gasteiger partial charge is 0.349 e. The summed E-state index contributed by atoms with van der Waals surface area (Å²) in [5.74, 6) is 0.0540. The fraction of sp³-hybridized carbons (Fsp3) is 0.400. The minimum atomic E-state index is -0.363. The molecule has 0 spiro atoms. The van der Waals surface area contributed by atoms with Crippen LogP contribution in [0.3, 0.4) is 0 Å². The quantitative estimate of drug-likeness (QED) is 0.793. The Morgan fingerprint density at radius 1 is 1.35 bits per heavy atom.